The van der Waals surface area contributed by atoms with Gasteiger partial charge in [-0.3, -0.25) is 14.5 Å². The molecular formula is C31H33NO7. The third kappa shape index (κ3) is 5.41. The minimum Gasteiger partial charge on any atom is -0.507 e. The highest BCUT2D eigenvalue weighted by molar-refractivity contribution is 6.51. The van der Waals surface area contributed by atoms with Crippen LogP contribution in [0.15, 0.2) is 66.2 Å². The van der Waals surface area contributed by atoms with Crippen LogP contribution >= 0.6 is 0 Å². The fraction of sp³-hybridized carbons (Fsp3) is 0.290. The second-order valence-electron chi connectivity index (χ2n) is 9.70. The van der Waals surface area contributed by atoms with Crippen molar-refractivity contribution in [3.8, 4) is 23.0 Å². The topological polar surface area (TPSA) is 94.5 Å². The molecule has 1 unspecified atom stereocenters. The number of hydrogen-bond acceptors (Lipinski definition) is 7. The van der Waals surface area contributed by atoms with Crippen LogP contribution in [0.4, 0.5) is 5.69 Å². The molecule has 8 nitrogen and oxygen atoms in total. The van der Waals surface area contributed by atoms with E-state index in [9.17, 15) is 14.7 Å². The summed E-state index contributed by atoms with van der Waals surface area (Å²) in [5, 5.41) is 11.5. The van der Waals surface area contributed by atoms with E-state index < -0.39 is 17.7 Å². The average molecular weight is 532 g/mol. The number of benzene rings is 3. The molecule has 204 valence electrons. The van der Waals surface area contributed by atoms with E-state index in [1.54, 1.807) is 42.5 Å². The van der Waals surface area contributed by atoms with E-state index in [-0.39, 0.29) is 11.3 Å². The molecule has 4 rings (SSSR count). The molecular weight excluding hydrogens is 498 g/mol. The largest absolute Gasteiger partial charge is 0.507 e. The number of amides is 1. The minimum atomic E-state index is -0.961. The lowest BCUT2D eigenvalue weighted by Gasteiger charge is -2.27. The van der Waals surface area contributed by atoms with Gasteiger partial charge in [0.2, 0.25) is 5.75 Å². The highest BCUT2D eigenvalue weighted by atomic mass is 16.5. The number of carbonyl (C=O) groups is 2. The number of Topliss-reactive ketones (excluding diaryl/α,β-unsaturated/α-hetero) is 1. The molecule has 0 bridgehead atoms. The molecule has 1 saturated heterocycles. The molecule has 8 heteroatoms. The van der Waals surface area contributed by atoms with Crippen LogP contribution < -0.4 is 23.8 Å². The molecule has 0 aromatic heterocycles. The second-order valence-corrected chi connectivity index (χ2v) is 9.70. The Balaban J connectivity index is 1.91. The summed E-state index contributed by atoms with van der Waals surface area (Å²) >= 11 is 0. The van der Waals surface area contributed by atoms with Gasteiger partial charge in [-0.1, -0.05) is 26.0 Å². The molecule has 0 radical (unpaired) electrons. The number of aliphatic hydroxyl groups excluding tert-OH is 1. The molecule has 1 N–H and O–H groups in total. The van der Waals surface area contributed by atoms with Crippen LogP contribution in [0, 0.1) is 12.8 Å². The molecule has 0 aliphatic carbocycles. The zero-order valence-corrected chi connectivity index (χ0v) is 23.0. The van der Waals surface area contributed by atoms with E-state index in [4.69, 9.17) is 18.9 Å². The van der Waals surface area contributed by atoms with Crippen molar-refractivity contribution in [2.24, 2.45) is 5.92 Å². The maximum atomic E-state index is 13.5. The summed E-state index contributed by atoms with van der Waals surface area (Å²) in [4.78, 5) is 28.4. The molecule has 3 aromatic carbocycles. The van der Waals surface area contributed by atoms with Crippen LogP contribution in [0.3, 0.4) is 0 Å². The summed E-state index contributed by atoms with van der Waals surface area (Å²) in [6, 6.07) is 16.5. The van der Waals surface area contributed by atoms with Crippen LogP contribution in [0.5, 0.6) is 23.0 Å². The monoisotopic (exact) mass is 531 g/mol. The van der Waals surface area contributed by atoms with E-state index >= 15 is 0 Å². The molecule has 1 fully saturated rings. The minimum absolute atomic E-state index is 0.0494. The molecule has 1 atom stereocenters. The van der Waals surface area contributed by atoms with Gasteiger partial charge in [-0.25, -0.2) is 0 Å². The summed E-state index contributed by atoms with van der Waals surface area (Å²) in [6.07, 6.45) is 0. The van der Waals surface area contributed by atoms with Gasteiger partial charge >= 0.3 is 0 Å². The number of anilines is 1. The average Bonchev–Trinajstić information content (AvgIpc) is 3.20. The van der Waals surface area contributed by atoms with E-state index in [2.05, 4.69) is 13.8 Å². The van der Waals surface area contributed by atoms with E-state index in [1.807, 2.05) is 25.1 Å². The lowest BCUT2D eigenvalue weighted by Crippen LogP contribution is -2.29. The highest BCUT2D eigenvalue weighted by Crippen LogP contribution is 2.47. The Kier molecular flexibility index (Phi) is 8.14. The predicted molar refractivity (Wildman–Crippen MR) is 149 cm³/mol. The first-order valence-electron chi connectivity index (χ1n) is 12.6. The van der Waals surface area contributed by atoms with Gasteiger partial charge in [0.05, 0.1) is 39.6 Å². The van der Waals surface area contributed by atoms with Gasteiger partial charge in [-0.15, -0.1) is 0 Å². The molecule has 39 heavy (non-hydrogen) atoms. The third-order valence-corrected chi connectivity index (χ3v) is 6.44. The summed E-state index contributed by atoms with van der Waals surface area (Å²) in [6.45, 7) is 6.55. The maximum Gasteiger partial charge on any atom is 0.300 e. The second kappa shape index (κ2) is 11.5. The third-order valence-electron chi connectivity index (χ3n) is 6.44. The van der Waals surface area contributed by atoms with Crippen molar-refractivity contribution in [2.75, 3.05) is 32.8 Å². The lowest BCUT2D eigenvalue weighted by molar-refractivity contribution is -0.132. The maximum absolute atomic E-state index is 13.5. The van der Waals surface area contributed by atoms with Crippen LogP contribution in [-0.2, 0) is 9.59 Å². The van der Waals surface area contributed by atoms with Gasteiger partial charge in [-0.05, 0) is 72.5 Å². The fourth-order valence-electron chi connectivity index (χ4n) is 4.58. The normalized spacial score (nSPS) is 16.5. The van der Waals surface area contributed by atoms with Gasteiger partial charge in [-0.2, -0.15) is 0 Å². The van der Waals surface area contributed by atoms with Gasteiger partial charge in [0.25, 0.3) is 11.7 Å². The van der Waals surface area contributed by atoms with Crippen LogP contribution in [-0.4, -0.2) is 44.7 Å². The number of nitrogens with zero attached hydrogens (tertiary/aromatic N) is 1. The zero-order chi connectivity index (χ0) is 28.3. The standard InChI is InChI=1S/C31H33NO7/c1-18(2)17-39-23-12-10-20(11-13-23)28(33)26-27(21-15-24(36-4)30(38-6)25(16-21)37-5)32(31(35)29(26)34)22-9-7-8-19(3)14-22/h7-16,18,27,33H,17H2,1-6H3/b28-26+. The zero-order valence-electron chi connectivity index (χ0n) is 23.0. The molecule has 3 aromatic rings. The Morgan fingerprint density at radius 2 is 1.56 bits per heavy atom. The number of aliphatic hydroxyl groups is 1. The van der Waals surface area contributed by atoms with Crippen LogP contribution in [0.2, 0.25) is 0 Å². The van der Waals surface area contributed by atoms with Gasteiger partial charge in [0, 0.05) is 11.3 Å². The summed E-state index contributed by atoms with van der Waals surface area (Å²) in [5.74, 6) is 0.231. The van der Waals surface area contributed by atoms with Crippen LogP contribution in [0.25, 0.3) is 5.76 Å². The Hall–Kier alpha value is -4.46. The molecule has 1 amide bonds. The number of methoxy groups -OCH3 is 3. The Bertz CT molecular complexity index is 1380. The predicted octanol–water partition coefficient (Wildman–Crippen LogP) is 5.68. The Morgan fingerprint density at radius 1 is 0.923 bits per heavy atom. The number of hydrogen-bond donors (Lipinski definition) is 1. The van der Waals surface area contributed by atoms with Crippen molar-refractivity contribution in [3.05, 3.63) is 82.9 Å². The number of aryl methyl sites for hydroxylation is 1. The quantitative estimate of drug-likeness (QED) is 0.216. The molecule has 1 aliphatic heterocycles. The van der Waals surface area contributed by atoms with Crippen molar-refractivity contribution in [1.82, 2.24) is 0 Å². The number of rotatable bonds is 9. The van der Waals surface area contributed by atoms with Crippen LogP contribution in [0.1, 0.15) is 36.6 Å². The van der Waals surface area contributed by atoms with Crippen molar-refractivity contribution in [1.29, 1.82) is 0 Å². The molecule has 0 saturated carbocycles. The van der Waals surface area contributed by atoms with Gasteiger partial charge < -0.3 is 24.1 Å². The van der Waals surface area contributed by atoms with Crippen molar-refractivity contribution in [3.63, 3.8) is 0 Å². The molecule has 1 aliphatic rings. The van der Waals surface area contributed by atoms with Crippen molar-refractivity contribution >= 4 is 23.1 Å². The van der Waals surface area contributed by atoms with E-state index in [1.165, 1.54) is 26.2 Å². The van der Waals surface area contributed by atoms with Crippen molar-refractivity contribution < 1.29 is 33.6 Å². The Morgan fingerprint density at radius 3 is 2.10 bits per heavy atom. The van der Waals surface area contributed by atoms with Crippen molar-refractivity contribution in [2.45, 2.75) is 26.8 Å². The smallest absolute Gasteiger partial charge is 0.300 e. The number of ketones is 1. The number of carbonyl (C=O) groups excluding carboxylic acids is 2. The van der Waals surface area contributed by atoms with E-state index in [0.717, 1.165) is 5.56 Å². The molecule has 0 spiro atoms. The summed E-state index contributed by atoms with van der Waals surface area (Å²) in [5.41, 5.74) is 2.27. The lowest BCUT2D eigenvalue weighted by atomic mass is 9.94. The fourth-order valence-corrected chi connectivity index (χ4v) is 4.58. The van der Waals surface area contributed by atoms with Gasteiger partial charge in [0.1, 0.15) is 11.5 Å². The van der Waals surface area contributed by atoms with Gasteiger partial charge in [0.15, 0.2) is 11.5 Å². The van der Waals surface area contributed by atoms with E-state index in [0.29, 0.717) is 52.3 Å². The Labute approximate surface area is 228 Å². The SMILES string of the molecule is COc1cc(C2/C(=C(\O)c3ccc(OCC(C)C)cc3)C(=O)C(=O)N2c2cccc(C)c2)cc(OC)c1OC. The first-order chi connectivity index (χ1) is 18.7. The summed E-state index contributed by atoms with van der Waals surface area (Å²) in [7, 11) is 4.47. The summed E-state index contributed by atoms with van der Waals surface area (Å²) < 4.78 is 22.3. The number of ether oxygens (including phenoxy) is 4. The highest BCUT2D eigenvalue weighted by Gasteiger charge is 2.47. The molecule has 1 heterocycles. The first-order valence-corrected chi connectivity index (χ1v) is 12.6. The first kappa shape index (κ1) is 27.6.